The van der Waals surface area contributed by atoms with Gasteiger partial charge in [-0.2, -0.15) is 0 Å². The zero-order chi connectivity index (χ0) is 15.3. The number of hydrogen-bond donors (Lipinski definition) is 1. The fourth-order valence-corrected chi connectivity index (χ4v) is 2.61. The molecule has 1 aromatic carbocycles. The van der Waals surface area contributed by atoms with Gasteiger partial charge in [0, 0.05) is 20.7 Å². The van der Waals surface area contributed by atoms with Crippen molar-refractivity contribution < 1.29 is 17.9 Å². The van der Waals surface area contributed by atoms with Gasteiger partial charge in [-0.15, -0.1) is 0 Å². The topological polar surface area (TPSA) is 81.9 Å². The number of sulfonamides is 1. The Labute approximate surface area is 120 Å². The Balaban J connectivity index is 3.02. The second kappa shape index (κ2) is 6.92. The smallest absolute Gasteiger partial charge is 0.244 e. The van der Waals surface area contributed by atoms with E-state index in [9.17, 15) is 8.42 Å². The normalized spacial score (nSPS) is 13.4. The molecule has 0 amide bonds. The summed E-state index contributed by atoms with van der Waals surface area (Å²) in [5.41, 5.74) is 6.03. The second-order valence-corrected chi connectivity index (χ2v) is 6.66. The maximum atomic E-state index is 12.1. The number of anilines is 1. The van der Waals surface area contributed by atoms with E-state index in [1.165, 1.54) is 20.2 Å². The van der Waals surface area contributed by atoms with Crippen LogP contribution in [-0.2, 0) is 14.8 Å². The number of nitrogen functional groups attached to an aromatic ring is 1. The maximum absolute atomic E-state index is 12.1. The third kappa shape index (κ3) is 3.84. The molecule has 0 saturated carbocycles. The van der Waals surface area contributed by atoms with Crippen molar-refractivity contribution >= 4 is 15.7 Å². The highest BCUT2D eigenvalue weighted by atomic mass is 32.2. The molecule has 0 aromatic heterocycles. The summed E-state index contributed by atoms with van der Waals surface area (Å²) < 4.78 is 36.3. The quantitative estimate of drug-likeness (QED) is 0.768. The van der Waals surface area contributed by atoms with Crippen LogP contribution in [-0.4, -0.2) is 46.1 Å². The Kier molecular flexibility index (Phi) is 5.79. The molecular weight excluding hydrogens is 280 g/mol. The highest BCUT2D eigenvalue weighted by molar-refractivity contribution is 7.89. The van der Waals surface area contributed by atoms with Crippen LogP contribution in [0.2, 0.25) is 0 Å². The first kappa shape index (κ1) is 16.7. The van der Waals surface area contributed by atoms with E-state index in [0.29, 0.717) is 19.0 Å². The van der Waals surface area contributed by atoms with Gasteiger partial charge in [0.1, 0.15) is 16.7 Å². The molecule has 0 aliphatic heterocycles. The van der Waals surface area contributed by atoms with E-state index >= 15 is 0 Å². The predicted octanol–water partition coefficient (Wildman–Crippen LogP) is 1.32. The van der Waals surface area contributed by atoms with Crippen LogP contribution in [0.4, 0.5) is 5.69 Å². The van der Waals surface area contributed by atoms with Crippen LogP contribution in [0.15, 0.2) is 23.1 Å². The summed E-state index contributed by atoms with van der Waals surface area (Å²) in [6.45, 7) is 4.74. The van der Waals surface area contributed by atoms with Gasteiger partial charge in [0.2, 0.25) is 10.0 Å². The van der Waals surface area contributed by atoms with E-state index in [1.807, 2.05) is 13.8 Å². The Morgan fingerprint density at radius 1 is 1.35 bits per heavy atom. The lowest BCUT2D eigenvalue weighted by Gasteiger charge is -2.19. The Bertz CT molecular complexity index is 543. The van der Waals surface area contributed by atoms with Crippen LogP contribution in [0.3, 0.4) is 0 Å². The monoisotopic (exact) mass is 302 g/mol. The molecule has 0 spiro atoms. The number of nitrogens with two attached hydrogens (primary N) is 1. The standard InChI is InChI=1S/C13H22N2O4S/c1-5-18-9-10(2)19-11-7-6-8-12(13(11)14)20(16,17)15(3)4/h6-8,10H,5,9,14H2,1-4H3. The lowest BCUT2D eigenvalue weighted by molar-refractivity contribution is 0.0660. The number of hydrogen-bond acceptors (Lipinski definition) is 5. The van der Waals surface area contributed by atoms with Gasteiger partial charge in [0.15, 0.2) is 0 Å². The predicted molar refractivity (Wildman–Crippen MR) is 78.3 cm³/mol. The number of nitrogens with zero attached hydrogens (tertiary/aromatic N) is 1. The Hall–Kier alpha value is -1.31. The molecule has 6 nitrogen and oxygen atoms in total. The highest BCUT2D eigenvalue weighted by Crippen LogP contribution is 2.30. The largest absolute Gasteiger partial charge is 0.486 e. The fraction of sp³-hybridized carbons (Fsp3) is 0.538. The van der Waals surface area contributed by atoms with Crippen molar-refractivity contribution in [3.05, 3.63) is 18.2 Å². The van der Waals surface area contributed by atoms with Gasteiger partial charge >= 0.3 is 0 Å². The van der Waals surface area contributed by atoms with Crippen molar-refractivity contribution in [2.45, 2.75) is 24.8 Å². The molecule has 0 fully saturated rings. The summed E-state index contributed by atoms with van der Waals surface area (Å²) in [5.74, 6) is 0.347. The molecule has 1 atom stereocenters. The van der Waals surface area contributed by atoms with Gasteiger partial charge in [-0.1, -0.05) is 6.07 Å². The highest BCUT2D eigenvalue weighted by Gasteiger charge is 2.22. The van der Waals surface area contributed by atoms with E-state index in [2.05, 4.69) is 0 Å². The minimum atomic E-state index is -3.59. The fourth-order valence-electron chi connectivity index (χ4n) is 1.58. The van der Waals surface area contributed by atoms with Crippen molar-refractivity contribution in [3.8, 4) is 5.75 Å². The third-order valence-electron chi connectivity index (χ3n) is 2.67. The third-order valence-corrected chi connectivity index (χ3v) is 4.54. The van der Waals surface area contributed by atoms with Crippen LogP contribution in [0.25, 0.3) is 0 Å². The van der Waals surface area contributed by atoms with Gasteiger partial charge in [-0.05, 0) is 26.0 Å². The van der Waals surface area contributed by atoms with E-state index in [1.54, 1.807) is 12.1 Å². The minimum Gasteiger partial charge on any atom is -0.486 e. The molecule has 1 aromatic rings. The first-order valence-electron chi connectivity index (χ1n) is 6.36. The first-order valence-corrected chi connectivity index (χ1v) is 7.80. The molecule has 0 heterocycles. The van der Waals surface area contributed by atoms with Crippen molar-refractivity contribution in [3.63, 3.8) is 0 Å². The molecule has 114 valence electrons. The molecule has 0 bridgehead atoms. The molecule has 1 unspecified atom stereocenters. The number of benzene rings is 1. The molecule has 0 aliphatic carbocycles. The average Bonchev–Trinajstić information content (AvgIpc) is 2.38. The van der Waals surface area contributed by atoms with Crippen LogP contribution < -0.4 is 10.5 Å². The number of ether oxygens (including phenoxy) is 2. The van der Waals surface area contributed by atoms with Gasteiger partial charge in [-0.3, -0.25) is 0 Å². The lowest BCUT2D eigenvalue weighted by atomic mass is 10.3. The number of para-hydroxylation sites is 1. The van der Waals surface area contributed by atoms with Gasteiger partial charge in [0.05, 0.1) is 12.3 Å². The SMILES string of the molecule is CCOCC(C)Oc1cccc(S(=O)(=O)N(C)C)c1N. The van der Waals surface area contributed by atoms with Crippen LogP contribution in [0, 0.1) is 0 Å². The molecule has 7 heteroatoms. The Morgan fingerprint density at radius 2 is 2.00 bits per heavy atom. The summed E-state index contributed by atoms with van der Waals surface area (Å²) in [4.78, 5) is 0.0450. The molecule has 20 heavy (non-hydrogen) atoms. The minimum absolute atomic E-state index is 0.0450. The van der Waals surface area contributed by atoms with Crippen molar-refractivity contribution in [1.82, 2.24) is 4.31 Å². The van der Waals surface area contributed by atoms with E-state index in [-0.39, 0.29) is 16.7 Å². The van der Waals surface area contributed by atoms with Crippen LogP contribution in [0.5, 0.6) is 5.75 Å². The summed E-state index contributed by atoms with van der Waals surface area (Å²) >= 11 is 0. The van der Waals surface area contributed by atoms with Crippen LogP contribution in [0.1, 0.15) is 13.8 Å². The van der Waals surface area contributed by atoms with Gasteiger partial charge in [-0.25, -0.2) is 12.7 Å². The van der Waals surface area contributed by atoms with Gasteiger partial charge in [0.25, 0.3) is 0 Å². The zero-order valence-corrected chi connectivity index (χ0v) is 13.1. The van der Waals surface area contributed by atoms with E-state index in [4.69, 9.17) is 15.2 Å². The molecular formula is C13H22N2O4S. The van der Waals surface area contributed by atoms with E-state index in [0.717, 1.165) is 4.31 Å². The van der Waals surface area contributed by atoms with Crippen molar-refractivity contribution in [2.24, 2.45) is 0 Å². The molecule has 0 radical (unpaired) electrons. The van der Waals surface area contributed by atoms with Crippen molar-refractivity contribution in [1.29, 1.82) is 0 Å². The molecule has 0 saturated heterocycles. The van der Waals surface area contributed by atoms with Crippen LogP contribution >= 0.6 is 0 Å². The van der Waals surface area contributed by atoms with E-state index < -0.39 is 10.0 Å². The summed E-state index contributed by atoms with van der Waals surface area (Å²) in [6.07, 6.45) is -0.213. The molecule has 2 N–H and O–H groups in total. The summed E-state index contributed by atoms with van der Waals surface area (Å²) in [7, 11) is -0.669. The average molecular weight is 302 g/mol. The lowest BCUT2D eigenvalue weighted by Crippen LogP contribution is -2.24. The summed E-state index contributed by atoms with van der Waals surface area (Å²) in [5, 5.41) is 0. The number of rotatable bonds is 7. The van der Waals surface area contributed by atoms with Gasteiger partial charge < -0.3 is 15.2 Å². The molecule has 0 aliphatic rings. The first-order chi connectivity index (χ1) is 9.30. The summed E-state index contributed by atoms with van der Waals surface area (Å²) in [6, 6.07) is 4.71. The Morgan fingerprint density at radius 3 is 2.55 bits per heavy atom. The maximum Gasteiger partial charge on any atom is 0.244 e. The molecule has 1 rings (SSSR count). The van der Waals surface area contributed by atoms with Crippen molar-refractivity contribution in [2.75, 3.05) is 33.0 Å². The zero-order valence-electron chi connectivity index (χ0n) is 12.3. The second-order valence-electron chi connectivity index (χ2n) is 4.54.